The van der Waals surface area contributed by atoms with Crippen LogP contribution in [0.15, 0.2) is 69.5 Å². The fourth-order valence-electron chi connectivity index (χ4n) is 3.40. The van der Waals surface area contributed by atoms with E-state index in [0.717, 1.165) is 18.2 Å². The lowest BCUT2D eigenvalue weighted by molar-refractivity contribution is -0.131. The summed E-state index contributed by atoms with van der Waals surface area (Å²) in [6.45, 7) is 0. The Morgan fingerprint density at radius 2 is 1.96 bits per heavy atom. The molecule has 0 aliphatic heterocycles. The van der Waals surface area contributed by atoms with Crippen molar-refractivity contribution in [2.75, 3.05) is 7.11 Å². The predicted molar refractivity (Wildman–Crippen MR) is 106 cm³/mol. The van der Waals surface area contributed by atoms with Gasteiger partial charge in [0.1, 0.15) is 17.1 Å². The fourth-order valence-corrected chi connectivity index (χ4v) is 3.40. The molecule has 2 atom stereocenters. The normalized spacial score (nSPS) is 17.6. The highest BCUT2D eigenvalue weighted by atomic mass is 16.5. The van der Waals surface area contributed by atoms with E-state index in [2.05, 4.69) is 5.73 Å². The smallest absolute Gasteiger partial charge is 0.336 e. The van der Waals surface area contributed by atoms with E-state index >= 15 is 0 Å². The van der Waals surface area contributed by atoms with Gasteiger partial charge in [-0.3, -0.25) is 4.79 Å². The molecule has 0 radical (unpaired) electrons. The number of fused-ring (bicyclic) bond motifs is 1. The maximum absolute atomic E-state index is 12.6. The molecule has 3 aromatic rings. The quantitative estimate of drug-likeness (QED) is 0.531. The first kappa shape index (κ1) is 17.8. The number of methoxy groups -OCH3 is 1. The van der Waals surface area contributed by atoms with E-state index in [0.29, 0.717) is 28.2 Å². The van der Waals surface area contributed by atoms with Crippen LogP contribution in [-0.4, -0.2) is 18.2 Å². The second-order valence-corrected chi connectivity index (χ2v) is 6.78. The van der Waals surface area contributed by atoms with Gasteiger partial charge >= 0.3 is 5.97 Å². The molecule has 4 rings (SSSR count). The van der Waals surface area contributed by atoms with Crippen molar-refractivity contribution in [3.8, 4) is 5.75 Å². The molecule has 1 aromatic heterocycles. The first-order valence-corrected chi connectivity index (χ1v) is 8.92. The number of carbonyl (C=O) groups is 1. The van der Waals surface area contributed by atoms with Gasteiger partial charge in [0.2, 0.25) is 0 Å². The van der Waals surface area contributed by atoms with Gasteiger partial charge in [-0.05, 0) is 53.8 Å². The lowest BCUT2D eigenvalue weighted by Gasteiger charge is -2.05. The van der Waals surface area contributed by atoms with Crippen LogP contribution in [0.1, 0.15) is 35.1 Å². The van der Waals surface area contributed by atoms with Crippen molar-refractivity contribution in [2.45, 2.75) is 18.3 Å². The van der Waals surface area contributed by atoms with Gasteiger partial charge < -0.3 is 14.3 Å². The van der Waals surface area contributed by atoms with Crippen molar-refractivity contribution in [2.24, 2.45) is 0 Å². The lowest BCUT2D eigenvalue weighted by Crippen LogP contribution is -2.02. The Morgan fingerprint density at radius 1 is 1.18 bits per heavy atom. The average molecular weight is 374 g/mol. The molecule has 2 unspecified atom stereocenters. The highest BCUT2D eigenvalue weighted by Crippen LogP contribution is 2.54. The van der Waals surface area contributed by atoms with Gasteiger partial charge in [-0.2, -0.15) is 0 Å². The molecule has 1 N–H and O–H groups in total. The van der Waals surface area contributed by atoms with Gasteiger partial charge in [0.15, 0.2) is 5.43 Å². The molecule has 1 saturated carbocycles. The first-order chi connectivity index (χ1) is 13.5. The number of rotatable bonds is 5. The van der Waals surface area contributed by atoms with E-state index in [1.807, 2.05) is 24.3 Å². The first-order valence-electron chi connectivity index (χ1n) is 8.92. The van der Waals surface area contributed by atoms with Crippen LogP contribution in [0.25, 0.3) is 17.0 Å². The minimum atomic E-state index is -1.07. The largest absolute Gasteiger partial charge is 0.497 e. The molecule has 0 amide bonds. The van der Waals surface area contributed by atoms with Gasteiger partial charge in [0.05, 0.1) is 18.6 Å². The summed E-state index contributed by atoms with van der Waals surface area (Å²) in [6, 6.07) is 14.7. The Kier molecular flexibility index (Phi) is 4.60. The summed E-state index contributed by atoms with van der Waals surface area (Å²) in [5, 5.41) is 9.09. The van der Waals surface area contributed by atoms with Crippen LogP contribution in [0.2, 0.25) is 0 Å². The maximum Gasteiger partial charge on any atom is 0.336 e. The monoisotopic (exact) mass is 374 g/mol. The van der Waals surface area contributed by atoms with E-state index in [4.69, 9.17) is 14.3 Å². The van der Waals surface area contributed by atoms with Gasteiger partial charge in [0.25, 0.3) is 0 Å². The Balaban J connectivity index is 1.60. The topological polar surface area (TPSA) is 76.7 Å². The number of benzene rings is 2. The number of ether oxygens (including phenoxy) is 1. The number of aliphatic carboxylic acids is 1. The molecule has 2 aromatic carbocycles. The standard InChI is InChI=1S/C23H18O5/c1-27-16-8-6-15(7-9-16)17-12-18(17)22-13-20(24)19-11-14(3-2-4-23(25)26)5-10-21(19)28-22/h3-11,13,17-18H,12H2,1H3,(H,25,26). The maximum atomic E-state index is 12.6. The zero-order valence-corrected chi connectivity index (χ0v) is 15.2. The average Bonchev–Trinajstić information content (AvgIpc) is 3.49. The number of hydrogen-bond donors (Lipinski definition) is 1. The molecule has 0 spiro atoms. The Labute approximate surface area is 161 Å². The van der Waals surface area contributed by atoms with E-state index in [-0.39, 0.29) is 11.3 Å². The van der Waals surface area contributed by atoms with Gasteiger partial charge in [-0.15, -0.1) is 5.73 Å². The highest BCUT2D eigenvalue weighted by Gasteiger charge is 2.41. The molecule has 1 aliphatic rings. The molecule has 1 aliphatic carbocycles. The number of hydrogen-bond acceptors (Lipinski definition) is 4. The van der Waals surface area contributed by atoms with Crippen LogP contribution >= 0.6 is 0 Å². The van der Waals surface area contributed by atoms with Gasteiger partial charge in [-0.1, -0.05) is 18.2 Å². The summed E-state index contributed by atoms with van der Waals surface area (Å²) >= 11 is 0. The van der Waals surface area contributed by atoms with Crippen molar-refractivity contribution in [3.05, 3.63) is 87.4 Å². The summed E-state index contributed by atoms with van der Waals surface area (Å²) in [5.41, 5.74) is 4.89. The second kappa shape index (κ2) is 7.22. The van der Waals surface area contributed by atoms with Crippen LogP contribution in [0.5, 0.6) is 5.75 Å². The zero-order valence-electron chi connectivity index (χ0n) is 15.2. The third-order valence-corrected chi connectivity index (χ3v) is 4.93. The van der Waals surface area contributed by atoms with Crippen LogP contribution in [0.3, 0.4) is 0 Å². The zero-order chi connectivity index (χ0) is 19.7. The molecule has 5 heteroatoms. The van der Waals surface area contributed by atoms with Crippen molar-refractivity contribution in [1.29, 1.82) is 0 Å². The third kappa shape index (κ3) is 3.61. The minimum Gasteiger partial charge on any atom is -0.497 e. The van der Waals surface area contributed by atoms with Gasteiger partial charge in [0, 0.05) is 12.0 Å². The molecular weight excluding hydrogens is 356 g/mol. The van der Waals surface area contributed by atoms with Crippen LogP contribution in [-0.2, 0) is 4.79 Å². The molecule has 1 heterocycles. The van der Waals surface area contributed by atoms with Crippen LogP contribution in [0, 0.1) is 0 Å². The van der Waals surface area contributed by atoms with Gasteiger partial charge in [-0.25, -0.2) is 4.79 Å². The molecule has 5 nitrogen and oxygen atoms in total. The van der Waals surface area contributed by atoms with Crippen molar-refractivity contribution < 1.29 is 19.1 Å². The van der Waals surface area contributed by atoms with E-state index in [1.54, 1.807) is 31.4 Å². The van der Waals surface area contributed by atoms with Crippen molar-refractivity contribution >= 4 is 23.0 Å². The SMILES string of the molecule is COc1ccc(C2CC2c2cc(=O)c3cc(C=C=CC(=O)O)ccc3o2)cc1. The molecule has 0 saturated heterocycles. The minimum absolute atomic E-state index is 0.103. The van der Waals surface area contributed by atoms with Crippen molar-refractivity contribution in [3.63, 3.8) is 0 Å². The van der Waals surface area contributed by atoms with E-state index < -0.39 is 5.97 Å². The van der Waals surface area contributed by atoms with Crippen LogP contribution in [0.4, 0.5) is 0 Å². The van der Waals surface area contributed by atoms with E-state index in [9.17, 15) is 9.59 Å². The Morgan fingerprint density at radius 3 is 2.68 bits per heavy atom. The molecule has 0 bridgehead atoms. The number of carboxylic acids is 1. The fraction of sp³-hybridized carbons (Fsp3) is 0.174. The molecule has 28 heavy (non-hydrogen) atoms. The second-order valence-electron chi connectivity index (χ2n) is 6.78. The summed E-state index contributed by atoms with van der Waals surface area (Å²) in [4.78, 5) is 23.1. The lowest BCUT2D eigenvalue weighted by atomic mass is 10.1. The Hall–Kier alpha value is -3.56. The summed E-state index contributed by atoms with van der Waals surface area (Å²) in [5.74, 6) is 0.990. The van der Waals surface area contributed by atoms with E-state index in [1.165, 1.54) is 11.6 Å². The summed E-state index contributed by atoms with van der Waals surface area (Å²) in [6.07, 6.45) is 3.38. The molecule has 140 valence electrons. The summed E-state index contributed by atoms with van der Waals surface area (Å²) < 4.78 is 11.2. The molecule has 1 fully saturated rings. The van der Waals surface area contributed by atoms with Crippen LogP contribution < -0.4 is 10.2 Å². The van der Waals surface area contributed by atoms with Crippen molar-refractivity contribution in [1.82, 2.24) is 0 Å². The summed E-state index contributed by atoms with van der Waals surface area (Å²) in [7, 11) is 1.64. The third-order valence-electron chi connectivity index (χ3n) is 4.93. The highest BCUT2D eigenvalue weighted by molar-refractivity contribution is 5.82. The molecular formula is C23H18O5. The Bertz CT molecular complexity index is 1160. The number of carboxylic acid groups (broad SMARTS) is 1. The predicted octanol–water partition coefficient (Wildman–Crippen LogP) is 4.33.